The van der Waals surface area contributed by atoms with Gasteiger partial charge in [-0.1, -0.05) is 0 Å². The molecule has 2 heterocycles. The minimum absolute atomic E-state index is 0.809. The molecule has 0 unspecified atom stereocenters. The van der Waals surface area contributed by atoms with Crippen LogP contribution in [-0.4, -0.2) is 38.3 Å². The third-order valence-corrected chi connectivity index (χ3v) is 3.37. The van der Waals surface area contributed by atoms with Crippen LogP contribution in [-0.2, 0) is 4.74 Å². The summed E-state index contributed by atoms with van der Waals surface area (Å²) < 4.78 is 5.39. The molecule has 1 N–H and O–H groups in total. The summed E-state index contributed by atoms with van der Waals surface area (Å²) in [7, 11) is 1.94. The number of nitrogens with one attached hydrogen (secondary N) is 1. The standard InChI is InChI=1S/C14H17N3O/c1-15-13-4-5-16-14-3-2-11(10-12(13)14)17-6-8-18-9-7-17/h2-5,10H,6-9H2,1H3,(H,15,16). The Morgan fingerprint density at radius 3 is 2.83 bits per heavy atom. The van der Waals surface area contributed by atoms with Crippen LogP contribution >= 0.6 is 0 Å². The van der Waals surface area contributed by atoms with Crippen molar-refractivity contribution in [3.8, 4) is 0 Å². The van der Waals surface area contributed by atoms with Crippen molar-refractivity contribution < 1.29 is 4.74 Å². The zero-order valence-electron chi connectivity index (χ0n) is 10.5. The highest BCUT2D eigenvalue weighted by molar-refractivity contribution is 5.93. The quantitative estimate of drug-likeness (QED) is 0.876. The van der Waals surface area contributed by atoms with Crippen LogP contribution < -0.4 is 10.2 Å². The molecule has 0 spiro atoms. The van der Waals surface area contributed by atoms with Gasteiger partial charge in [-0.3, -0.25) is 4.98 Å². The van der Waals surface area contributed by atoms with E-state index in [2.05, 4.69) is 33.4 Å². The predicted molar refractivity (Wildman–Crippen MR) is 74.3 cm³/mol. The summed E-state index contributed by atoms with van der Waals surface area (Å²) in [6, 6.07) is 8.44. The fourth-order valence-electron chi connectivity index (χ4n) is 2.37. The third-order valence-electron chi connectivity index (χ3n) is 3.37. The molecular formula is C14H17N3O. The summed E-state index contributed by atoms with van der Waals surface area (Å²) in [5.41, 5.74) is 3.39. The van der Waals surface area contributed by atoms with E-state index in [9.17, 15) is 0 Å². The number of ether oxygens (including phenoxy) is 1. The van der Waals surface area contributed by atoms with Gasteiger partial charge in [0.2, 0.25) is 0 Å². The molecule has 18 heavy (non-hydrogen) atoms. The van der Waals surface area contributed by atoms with E-state index in [1.807, 2.05) is 19.3 Å². The van der Waals surface area contributed by atoms with Crippen molar-refractivity contribution in [2.75, 3.05) is 43.6 Å². The van der Waals surface area contributed by atoms with Crippen molar-refractivity contribution >= 4 is 22.3 Å². The number of nitrogens with zero attached hydrogens (tertiary/aromatic N) is 2. The predicted octanol–water partition coefficient (Wildman–Crippen LogP) is 2.11. The molecule has 0 bridgehead atoms. The summed E-state index contributed by atoms with van der Waals surface area (Å²) >= 11 is 0. The van der Waals surface area contributed by atoms with E-state index in [0.717, 1.165) is 37.5 Å². The van der Waals surface area contributed by atoms with E-state index in [1.54, 1.807) is 0 Å². The van der Waals surface area contributed by atoms with E-state index in [4.69, 9.17) is 4.74 Å². The first-order valence-corrected chi connectivity index (χ1v) is 6.28. The molecule has 2 aromatic rings. The summed E-state index contributed by atoms with van der Waals surface area (Å²) in [6.45, 7) is 3.54. The van der Waals surface area contributed by atoms with Gasteiger partial charge < -0.3 is 15.0 Å². The molecule has 3 rings (SSSR count). The second-order valence-corrected chi connectivity index (χ2v) is 4.41. The van der Waals surface area contributed by atoms with Crippen molar-refractivity contribution in [2.24, 2.45) is 0 Å². The number of aromatic nitrogens is 1. The lowest BCUT2D eigenvalue weighted by Gasteiger charge is -2.29. The van der Waals surface area contributed by atoms with E-state index in [0.29, 0.717) is 0 Å². The molecule has 0 saturated carbocycles. The first-order chi connectivity index (χ1) is 8.88. The minimum atomic E-state index is 0.809. The average molecular weight is 243 g/mol. The van der Waals surface area contributed by atoms with Crippen LogP contribution in [0.3, 0.4) is 0 Å². The lowest BCUT2D eigenvalue weighted by atomic mass is 10.1. The summed E-state index contributed by atoms with van der Waals surface area (Å²) in [4.78, 5) is 6.75. The van der Waals surface area contributed by atoms with Gasteiger partial charge >= 0.3 is 0 Å². The highest BCUT2D eigenvalue weighted by Gasteiger charge is 2.12. The van der Waals surface area contributed by atoms with Crippen LogP contribution in [0.1, 0.15) is 0 Å². The van der Waals surface area contributed by atoms with E-state index in [-0.39, 0.29) is 0 Å². The number of hydrogen-bond donors (Lipinski definition) is 1. The van der Waals surface area contributed by atoms with Gasteiger partial charge in [0.05, 0.1) is 18.7 Å². The lowest BCUT2D eigenvalue weighted by molar-refractivity contribution is 0.122. The normalized spacial score (nSPS) is 15.9. The molecule has 1 fully saturated rings. The fourth-order valence-corrected chi connectivity index (χ4v) is 2.37. The number of rotatable bonds is 2. The van der Waals surface area contributed by atoms with Gasteiger partial charge in [-0.15, -0.1) is 0 Å². The molecule has 1 aromatic heterocycles. The minimum Gasteiger partial charge on any atom is -0.388 e. The monoisotopic (exact) mass is 243 g/mol. The van der Waals surface area contributed by atoms with Gasteiger partial charge in [0, 0.05) is 43.1 Å². The number of anilines is 2. The maximum atomic E-state index is 5.39. The molecule has 4 heteroatoms. The molecule has 4 nitrogen and oxygen atoms in total. The van der Waals surface area contributed by atoms with E-state index < -0.39 is 0 Å². The third kappa shape index (κ3) is 1.99. The van der Waals surface area contributed by atoms with Crippen molar-refractivity contribution in [3.05, 3.63) is 30.5 Å². The van der Waals surface area contributed by atoms with Gasteiger partial charge in [-0.25, -0.2) is 0 Å². The van der Waals surface area contributed by atoms with Gasteiger partial charge in [-0.2, -0.15) is 0 Å². The number of benzene rings is 1. The van der Waals surface area contributed by atoms with Crippen molar-refractivity contribution in [2.45, 2.75) is 0 Å². The van der Waals surface area contributed by atoms with E-state index >= 15 is 0 Å². The molecule has 0 atom stereocenters. The van der Waals surface area contributed by atoms with Crippen LogP contribution in [0.5, 0.6) is 0 Å². The maximum absolute atomic E-state index is 5.39. The smallest absolute Gasteiger partial charge is 0.0724 e. The molecule has 1 aliphatic heterocycles. The number of pyridine rings is 1. The number of fused-ring (bicyclic) bond motifs is 1. The number of hydrogen-bond acceptors (Lipinski definition) is 4. The fraction of sp³-hybridized carbons (Fsp3) is 0.357. The average Bonchev–Trinajstić information content (AvgIpc) is 2.47. The highest BCUT2D eigenvalue weighted by Crippen LogP contribution is 2.26. The van der Waals surface area contributed by atoms with Crippen molar-refractivity contribution in [3.63, 3.8) is 0 Å². The topological polar surface area (TPSA) is 37.4 Å². The van der Waals surface area contributed by atoms with Crippen LogP contribution in [0.15, 0.2) is 30.5 Å². The first-order valence-electron chi connectivity index (χ1n) is 6.28. The second kappa shape index (κ2) is 4.82. The highest BCUT2D eigenvalue weighted by atomic mass is 16.5. The van der Waals surface area contributed by atoms with Crippen molar-refractivity contribution in [1.82, 2.24) is 4.98 Å². The molecule has 1 aliphatic rings. The SMILES string of the molecule is CNc1ccnc2ccc(N3CCOCC3)cc12. The summed E-state index contributed by atoms with van der Waals surface area (Å²) in [6.07, 6.45) is 1.84. The van der Waals surface area contributed by atoms with Crippen LogP contribution in [0, 0.1) is 0 Å². The van der Waals surface area contributed by atoms with Crippen molar-refractivity contribution in [1.29, 1.82) is 0 Å². The van der Waals surface area contributed by atoms with Gasteiger partial charge in [0.25, 0.3) is 0 Å². The number of morpholine rings is 1. The Morgan fingerprint density at radius 2 is 2.06 bits per heavy atom. The Labute approximate surface area is 107 Å². The Kier molecular flexibility index (Phi) is 3.02. The molecule has 1 saturated heterocycles. The molecule has 0 amide bonds. The van der Waals surface area contributed by atoms with Crippen LogP contribution in [0.4, 0.5) is 11.4 Å². The Balaban J connectivity index is 2.03. The van der Waals surface area contributed by atoms with E-state index in [1.165, 1.54) is 11.1 Å². The maximum Gasteiger partial charge on any atom is 0.0724 e. The van der Waals surface area contributed by atoms with Crippen LogP contribution in [0.25, 0.3) is 10.9 Å². The molecular weight excluding hydrogens is 226 g/mol. The van der Waals surface area contributed by atoms with Gasteiger partial charge in [0.15, 0.2) is 0 Å². The largest absolute Gasteiger partial charge is 0.388 e. The van der Waals surface area contributed by atoms with Gasteiger partial charge in [0.1, 0.15) is 0 Å². The Morgan fingerprint density at radius 1 is 1.22 bits per heavy atom. The molecule has 94 valence electrons. The zero-order valence-corrected chi connectivity index (χ0v) is 10.5. The summed E-state index contributed by atoms with van der Waals surface area (Å²) in [5.74, 6) is 0. The second-order valence-electron chi connectivity index (χ2n) is 4.41. The van der Waals surface area contributed by atoms with Crippen LogP contribution in [0.2, 0.25) is 0 Å². The zero-order chi connectivity index (χ0) is 12.4. The first kappa shape index (κ1) is 11.3. The Hall–Kier alpha value is -1.81. The van der Waals surface area contributed by atoms with Gasteiger partial charge in [-0.05, 0) is 24.3 Å². The molecule has 0 aliphatic carbocycles. The Bertz CT molecular complexity index is 550. The summed E-state index contributed by atoms with van der Waals surface area (Å²) in [5, 5.41) is 4.39. The molecule has 0 radical (unpaired) electrons. The lowest BCUT2D eigenvalue weighted by Crippen LogP contribution is -2.36. The molecule has 1 aromatic carbocycles.